The van der Waals surface area contributed by atoms with Crippen molar-refractivity contribution < 1.29 is 24.6 Å². The first-order valence-electron chi connectivity index (χ1n) is 9.13. The summed E-state index contributed by atoms with van der Waals surface area (Å²) in [5.41, 5.74) is 1.48. The number of amides is 1. The summed E-state index contributed by atoms with van der Waals surface area (Å²) in [6, 6.07) is 15.4. The summed E-state index contributed by atoms with van der Waals surface area (Å²) in [7, 11) is 0. The number of carboxylic acid groups (broad SMARTS) is 2. The summed E-state index contributed by atoms with van der Waals surface area (Å²) in [5, 5.41) is 24.2. The predicted molar refractivity (Wildman–Crippen MR) is 113 cm³/mol. The molecule has 1 amide bonds. The van der Waals surface area contributed by atoms with E-state index >= 15 is 0 Å². The van der Waals surface area contributed by atoms with E-state index in [0.717, 1.165) is 5.56 Å². The standard InChI is InChI=1S/C21H24N2O5S/c24-19(15(13-29)11-14-7-3-1-4-8-14)23-18(21(27)28)12-17(20(25)26)22-16-9-5-2-6-10-16/h1-10,15,17-18,22,29H,11-13H2,(H,23,24)(H,25,26)(H,27,28)/t15?,17?,18-/m0/s1. The first kappa shape index (κ1) is 22.3. The molecule has 0 fully saturated rings. The molecule has 0 bridgehead atoms. The molecular formula is C21H24N2O5S. The van der Waals surface area contributed by atoms with Gasteiger partial charge in [-0.3, -0.25) is 4.79 Å². The van der Waals surface area contributed by atoms with Crippen LogP contribution >= 0.6 is 12.6 Å². The second-order valence-corrected chi connectivity index (χ2v) is 6.97. The molecular weight excluding hydrogens is 392 g/mol. The van der Waals surface area contributed by atoms with E-state index in [0.29, 0.717) is 12.1 Å². The first-order chi connectivity index (χ1) is 13.9. The van der Waals surface area contributed by atoms with Crippen LogP contribution in [0, 0.1) is 5.92 Å². The number of hydrogen-bond acceptors (Lipinski definition) is 5. The highest BCUT2D eigenvalue weighted by Crippen LogP contribution is 2.14. The third kappa shape index (κ3) is 7.15. The zero-order chi connectivity index (χ0) is 21.2. The van der Waals surface area contributed by atoms with E-state index in [9.17, 15) is 24.6 Å². The monoisotopic (exact) mass is 416 g/mol. The molecule has 0 saturated heterocycles. The highest BCUT2D eigenvalue weighted by molar-refractivity contribution is 7.80. The van der Waals surface area contributed by atoms with E-state index in [1.165, 1.54) is 0 Å². The lowest BCUT2D eigenvalue weighted by atomic mass is 9.99. The minimum absolute atomic E-state index is 0.234. The van der Waals surface area contributed by atoms with Crippen molar-refractivity contribution in [2.24, 2.45) is 5.92 Å². The average Bonchev–Trinajstić information content (AvgIpc) is 2.72. The van der Waals surface area contributed by atoms with E-state index in [4.69, 9.17) is 0 Å². The molecule has 2 unspecified atom stereocenters. The first-order valence-corrected chi connectivity index (χ1v) is 9.76. The molecule has 4 N–H and O–H groups in total. The van der Waals surface area contributed by atoms with Gasteiger partial charge >= 0.3 is 11.9 Å². The number of hydrogen-bond donors (Lipinski definition) is 5. The van der Waals surface area contributed by atoms with Crippen LogP contribution in [0.4, 0.5) is 5.69 Å². The number of anilines is 1. The molecule has 3 atom stereocenters. The highest BCUT2D eigenvalue weighted by atomic mass is 32.1. The van der Waals surface area contributed by atoms with Gasteiger partial charge in [0.1, 0.15) is 12.1 Å². The Kier molecular flexibility index (Phi) is 8.54. The van der Waals surface area contributed by atoms with Crippen LogP contribution in [0.5, 0.6) is 0 Å². The van der Waals surface area contributed by atoms with Gasteiger partial charge in [-0.2, -0.15) is 12.6 Å². The predicted octanol–water partition coefficient (Wildman–Crippen LogP) is 2.30. The largest absolute Gasteiger partial charge is 0.480 e. The molecule has 2 aromatic carbocycles. The number of carbonyl (C=O) groups is 3. The normalized spacial score (nSPS) is 13.7. The average molecular weight is 416 g/mol. The molecule has 29 heavy (non-hydrogen) atoms. The number of thiol groups is 1. The minimum atomic E-state index is -1.35. The van der Waals surface area contributed by atoms with Gasteiger partial charge < -0.3 is 20.8 Å². The molecule has 0 aliphatic rings. The van der Waals surface area contributed by atoms with Crippen LogP contribution in [0.2, 0.25) is 0 Å². The van der Waals surface area contributed by atoms with Gasteiger partial charge in [-0.15, -0.1) is 0 Å². The summed E-state index contributed by atoms with van der Waals surface area (Å²) in [4.78, 5) is 35.9. The van der Waals surface area contributed by atoms with E-state index in [-0.39, 0.29) is 12.2 Å². The van der Waals surface area contributed by atoms with Crippen molar-refractivity contribution in [1.29, 1.82) is 0 Å². The van der Waals surface area contributed by atoms with Crippen LogP contribution in [-0.2, 0) is 20.8 Å². The third-order valence-corrected chi connectivity index (χ3v) is 4.86. The van der Waals surface area contributed by atoms with Gasteiger partial charge in [-0.1, -0.05) is 48.5 Å². The van der Waals surface area contributed by atoms with Gasteiger partial charge in [0.25, 0.3) is 0 Å². The summed E-state index contributed by atoms with van der Waals surface area (Å²) in [5.74, 6) is -3.27. The van der Waals surface area contributed by atoms with Crippen LogP contribution < -0.4 is 10.6 Å². The summed E-state index contributed by atoms with van der Waals surface area (Å²) in [6.45, 7) is 0. The van der Waals surface area contributed by atoms with E-state index in [1.807, 2.05) is 30.3 Å². The van der Waals surface area contributed by atoms with Crippen molar-refractivity contribution in [3.05, 3.63) is 66.2 Å². The number of para-hydroxylation sites is 1. The fourth-order valence-electron chi connectivity index (χ4n) is 2.84. The second-order valence-electron chi connectivity index (χ2n) is 6.61. The topological polar surface area (TPSA) is 116 Å². The number of carboxylic acids is 2. The Morgan fingerprint density at radius 3 is 1.93 bits per heavy atom. The third-order valence-electron chi connectivity index (χ3n) is 4.41. The number of aliphatic carboxylic acids is 2. The molecule has 0 spiro atoms. The Hall–Kier alpha value is -3.00. The van der Waals surface area contributed by atoms with Crippen molar-refractivity contribution in [2.75, 3.05) is 11.1 Å². The van der Waals surface area contributed by atoms with Crippen molar-refractivity contribution in [2.45, 2.75) is 24.9 Å². The Morgan fingerprint density at radius 1 is 0.862 bits per heavy atom. The molecule has 0 radical (unpaired) electrons. The van der Waals surface area contributed by atoms with E-state index in [1.54, 1.807) is 30.3 Å². The lowest BCUT2D eigenvalue weighted by molar-refractivity contribution is -0.143. The fraction of sp³-hybridized carbons (Fsp3) is 0.286. The lowest BCUT2D eigenvalue weighted by Crippen LogP contribution is -2.48. The quantitative estimate of drug-likeness (QED) is 0.359. The van der Waals surface area contributed by atoms with Gasteiger partial charge in [0.2, 0.25) is 5.91 Å². The number of rotatable bonds is 11. The molecule has 0 saturated carbocycles. The highest BCUT2D eigenvalue weighted by Gasteiger charge is 2.30. The molecule has 0 aliphatic heterocycles. The van der Waals surface area contributed by atoms with Crippen LogP contribution in [0.15, 0.2) is 60.7 Å². The Labute approximate surface area is 174 Å². The van der Waals surface area contributed by atoms with Crippen molar-refractivity contribution in [1.82, 2.24) is 5.32 Å². The summed E-state index contributed by atoms with van der Waals surface area (Å²) in [6.07, 6.45) is 0.100. The summed E-state index contributed by atoms with van der Waals surface area (Å²) < 4.78 is 0. The van der Waals surface area contributed by atoms with Crippen LogP contribution in [0.25, 0.3) is 0 Å². The van der Waals surface area contributed by atoms with Gasteiger partial charge in [0.05, 0.1) is 5.92 Å². The van der Waals surface area contributed by atoms with Gasteiger partial charge in [-0.25, -0.2) is 9.59 Å². The Bertz CT molecular complexity index is 816. The van der Waals surface area contributed by atoms with Gasteiger partial charge in [0.15, 0.2) is 0 Å². The molecule has 0 heterocycles. The molecule has 0 aliphatic carbocycles. The van der Waals surface area contributed by atoms with Crippen LogP contribution in [0.1, 0.15) is 12.0 Å². The SMILES string of the molecule is O=C(N[C@@H](CC(Nc1ccccc1)C(=O)O)C(=O)O)C(CS)Cc1ccccc1. The maximum absolute atomic E-state index is 12.6. The number of benzene rings is 2. The lowest BCUT2D eigenvalue weighted by Gasteiger charge is -2.23. The van der Waals surface area contributed by atoms with Crippen molar-refractivity contribution >= 4 is 36.2 Å². The van der Waals surface area contributed by atoms with Crippen LogP contribution in [0.3, 0.4) is 0 Å². The molecule has 2 rings (SSSR count). The molecule has 0 aromatic heterocycles. The maximum atomic E-state index is 12.6. The molecule has 7 nitrogen and oxygen atoms in total. The van der Waals surface area contributed by atoms with Crippen LogP contribution in [-0.4, -0.2) is 45.9 Å². The van der Waals surface area contributed by atoms with Crippen molar-refractivity contribution in [3.8, 4) is 0 Å². The van der Waals surface area contributed by atoms with E-state index < -0.39 is 35.8 Å². The van der Waals surface area contributed by atoms with E-state index in [2.05, 4.69) is 23.3 Å². The van der Waals surface area contributed by atoms with Gasteiger partial charge in [-0.05, 0) is 24.1 Å². The minimum Gasteiger partial charge on any atom is -0.480 e. The number of carbonyl (C=O) groups excluding carboxylic acids is 1. The zero-order valence-corrected chi connectivity index (χ0v) is 16.6. The smallest absolute Gasteiger partial charge is 0.326 e. The maximum Gasteiger partial charge on any atom is 0.326 e. The Morgan fingerprint density at radius 2 is 1.41 bits per heavy atom. The molecule has 2 aromatic rings. The number of nitrogens with one attached hydrogen (secondary N) is 2. The summed E-state index contributed by atoms with van der Waals surface area (Å²) >= 11 is 4.21. The second kappa shape index (κ2) is 11.1. The zero-order valence-electron chi connectivity index (χ0n) is 15.7. The molecule has 8 heteroatoms. The van der Waals surface area contributed by atoms with Gasteiger partial charge in [0, 0.05) is 17.9 Å². The van der Waals surface area contributed by atoms with Crippen molar-refractivity contribution in [3.63, 3.8) is 0 Å². The fourth-order valence-corrected chi connectivity index (χ4v) is 3.14. The Balaban J connectivity index is 2.05. The molecule has 154 valence electrons.